The van der Waals surface area contributed by atoms with Crippen molar-refractivity contribution >= 4 is 23.0 Å². The molecule has 1 aliphatic rings. The molecule has 0 bridgehead atoms. The molecule has 3 aromatic rings. The minimum Gasteiger partial charge on any atom is -0.469 e. The second-order valence-electron chi connectivity index (χ2n) is 7.52. The summed E-state index contributed by atoms with van der Waals surface area (Å²) in [5, 5.41) is 9.13. The molecule has 0 atom stereocenters. The van der Waals surface area contributed by atoms with E-state index in [2.05, 4.69) is 50.2 Å². The Morgan fingerprint density at radius 2 is 2.00 bits per heavy atom. The van der Waals surface area contributed by atoms with Gasteiger partial charge in [0.15, 0.2) is 5.96 Å². The van der Waals surface area contributed by atoms with E-state index < -0.39 is 0 Å². The van der Waals surface area contributed by atoms with E-state index in [0.717, 1.165) is 44.3 Å². The summed E-state index contributed by atoms with van der Waals surface area (Å²) in [5.41, 5.74) is 1.27. The number of aromatic nitrogens is 1. The Bertz CT molecular complexity index is 872. The van der Waals surface area contributed by atoms with Gasteiger partial charge in [-0.3, -0.25) is 4.98 Å². The van der Waals surface area contributed by atoms with Gasteiger partial charge in [-0.1, -0.05) is 6.07 Å². The maximum atomic E-state index is 5.43. The third-order valence-corrected chi connectivity index (χ3v) is 6.28. The number of piperidine rings is 1. The lowest BCUT2D eigenvalue weighted by atomic mass is 9.96. The molecule has 0 saturated carbocycles. The molecular formula is C23H29N5OS. The second-order valence-corrected chi connectivity index (χ2v) is 8.55. The van der Waals surface area contributed by atoms with Crippen LogP contribution in [0.1, 0.15) is 23.5 Å². The lowest BCUT2D eigenvalue weighted by Crippen LogP contribution is -2.43. The Morgan fingerprint density at radius 3 is 2.73 bits per heavy atom. The van der Waals surface area contributed by atoms with E-state index in [0.29, 0.717) is 12.5 Å². The van der Waals surface area contributed by atoms with Crippen LogP contribution in [-0.4, -0.2) is 37.1 Å². The molecule has 7 heteroatoms. The van der Waals surface area contributed by atoms with E-state index in [4.69, 9.17) is 9.41 Å². The lowest BCUT2D eigenvalue weighted by molar-refractivity contribution is 0.400. The summed E-state index contributed by atoms with van der Waals surface area (Å²) >= 11 is 1.74. The quantitative estimate of drug-likeness (QED) is 0.425. The monoisotopic (exact) mass is 423 g/mol. The summed E-state index contributed by atoms with van der Waals surface area (Å²) in [6.45, 7) is 4.62. The molecule has 0 radical (unpaired) electrons. The van der Waals surface area contributed by atoms with Gasteiger partial charge < -0.3 is 20.0 Å². The molecule has 30 heavy (non-hydrogen) atoms. The normalized spacial score (nSPS) is 15.3. The van der Waals surface area contributed by atoms with E-state index in [1.54, 1.807) is 17.6 Å². The minimum absolute atomic E-state index is 0.655. The molecule has 6 nitrogen and oxygen atoms in total. The van der Waals surface area contributed by atoms with E-state index >= 15 is 0 Å². The zero-order chi connectivity index (χ0) is 20.4. The molecule has 0 aliphatic carbocycles. The zero-order valence-corrected chi connectivity index (χ0v) is 18.0. The number of furan rings is 1. The maximum Gasteiger partial charge on any atom is 0.191 e. The Hall–Kier alpha value is -2.80. The van der Waals surface area contributed by atoms with Crippen molar-refractivity contribution in [3.05, 3.63) is 71.1 Å². The van der Waals surface area contributed by atoms with Crippen LogP contribution in [0.15, 0.2) is 69.8 Å². The largest absolute Gasteiger partial charge is 0.469 e. The van der Waals surface area contributed by atoms with Gasteiger partial charge in [0.25, 0.3) is 0 Å². The van der Waals surface area contributed by atoms with Crippen LogP contribution in [0.5, 0.6) is 0 Å². The molecule has 1 saturated heterocycles. The van der Waals surface area contributed by atoms with Gasteiger partial charge in [0.05, 0.1) is 12.8 Å². The predicted molar refractivity (Wildman–Crippen MR) is 123 cm³/mol. The van der Waals surface area contributed by atoms with Crippen molar-refractivity contribution in [1.29, 1.82) is 0 Å². The van der Waals surface area contributed by atoms with Crippen LogP contribution >= 0.6 is 11.3 Å². The van der Waals surface area contributed by atoms with Gasteiger partial charge in [0.1, 0.15) is 5.76 Å². The van der Waals surface area contributed by atoms with Crippen LogP contribution < -0.4 is 15.5 Å². The van der Waals surface area contributed by atoms with Crippen LogP contribution in [0.4, 0.5) is 5.69 Å². The first kappa shape index (κ1) is 20.5. The van der Waals surface area contributed by atoms with E-state index in [-0.39, 0.29) is 0 Å². The van der Waals surface area contributed by atoms with Gasteiger partial charge in [-0.05, 0) is 54.5 Å². The molecule has 0 unspecified atom stereocenters. The van der Waals surface area contributed by atoms with Crippen molar-refractivity contribution in [3.8, 4) is 0 Å². The number of hydrogen-bond acceptors (Lipinski definition) is 5. The van der Waals surface area contributed by atoms with Crippen molar-refractivity contribution in [2.45, 2.75) is 25.8 Å². The van der Waals surface area contributed by atoms with Gasteiger partial charge in [-0.25, -0.2) is 4.99 Å². The summed E-state index contributed by atoms with van der Waals surface area (Å²) < 4.78 is 5.43. The first-order valence-electron chi connectivity index (χ1n) is 10.6. The highest BCUT2D eigenvalue weighted by molar-refractivity contribution is 7.09. The molecule has 0 spiro atoms. The van der Waals surface area contributed by atoms with Crippen molar-refractivity contribution in [2.75, 3.05) is 31.1 Å². The fourth-order valence-corrected chi connectivity index (χ4v) is 4.31. The number of aliphatic imine (C=N–C) groups is 1. The SMILES string of the molecule is c1coc(CCNC(=NCc2cccs2)NCC2CCN(c3ccncc3)CC2)c1. The smallest absolute Gasteiger partial charge is 0.191 e. The summed E-state index contributed by atoms with van der Waals surface area (Å²) in [6, 6.07) is 12.3. The molecule has 1 fully saturated rings. The molecule has 4 heterocycles. The molecule has 0 aromatic carbocycles. The number of hydrogen-bond donors (Lipinski definition) is 2. The van der Waals surface area contributed by atoms with Gasteiger partial charge in [0.2, 0.25) is 0 Å². The number of rotatable bonds is 8. The fraction of sp³-hybridized carbons (Fsp3) is 0.391. The second kappa shape index (κ2) is 10.8. The Balaban J connectivity index is 1.26. The van der Waals surface area contributed by atoms with Gasteiger partial charge in [0, 0.05) is 55.6 Å². The number of pyridine rings is 1. The first-order valence-corrected chi connectivity index (χ1v) is 11.5. The van der Waals surface area contributed by atoms with Crippen LogP contribution in [0.3, 0.4) is 0 Å². The van der Waals surface area contributed by atoms with Crippen LogP contribution in [0.2, 0.25) is 0 Å². The summed E-state index contributed by atoms with van der Waals surface area (Å²) in [7, 11) is 0. The molecular weight excluding hydrogens is 394 g/mol. The van der Waals surface area contributed by atoms with Crippen LogP contribution in [-0.2, 0) is 13.0 Å². The van der Waals surface area contributed by atoms with Crippen molar-refractivity contribution in [2.24, 2.45) is 10.9 Å². The average molecular weight is 424 g/mol. The molecule has 0 amide bonds. The number of nitrogens with one attached hydrogen (secondary N) is 2. The fourth-order valence-electron chi connectivity index (χ4n) is 3.68. The highest BCUT2D eigenvalue weighted by Crippen LogP contribution is 2.22. The zero-order valence-electron chi connectivity index (χ0n) is 17.2. The predicted octanol–water partition coefficient (Wildman–Crippen LogP) is 3.93. The van der Waals surface area contributed by atoms with E-state index in [9.17, 15) is 0 Å². The number of guanidine groups is 1. The van der Waals surface area contributed by atoms with Gasteiger partial charge >= 0.3 is 0 Å². The van der Waals surface area contributed by atoms with Crippen molar-refractivity contribution < 1.29 is 4.42 Å². The lowest BCUT2D eigenvalue weighted by Gasteiger charge is -2.33. The Labute approximate surface area is 182 Å². The molecule has 3 aromatic heterocycles. The highest BCUT2D eigenvalue weighted by Gasteiger charge is 2.19. The number of anilines is 1. The van der Waals surface area contributed by atoms with Gasteiger partial charge in [-0.2, -0.15) is 0 Å². The van der Waals surface area contributed by atoms with Gasteiger partial charge in [-0.15, -0.1) is 11.3 Å². The standard InChI is InChI=1S/C23H29N5OS/c1-3-21(29-15-1)7-12-25-23(27-18-22-4-2-16-30-22)26-17-19-8-13-28(14-9-19)20-5-10-24-11-6-20/h1-6,10-11,15-16,19H,7-9,12-14,17-18H2,(H2,25,26,27). The van der Waals surface area contributed by atoms with Crippen molar-refractivity contribution in [1.82, 2.24) is 15.6 Å². The molecule has 2 N–H and O–H groups in total. The van der Waals surface area contributed by atoms with Crippen molar-refractivity contribution in [3.63, 3.8) is 0 Å². The minimum atomic E-state index is 0.655. The first-order chi connectivity index (χ1) is 14.9. The molecule has 158 valence electrons. The highest BCUT2D eigenvalue weighted by atomic mass is 32.1. The number of thiophene rings is 1. The summed E-state index contributed by atoms with van der Waals surface area (Å²) in [4.78, 5) is 12.6. The van der Waals surface area contributed by atoms with Crippen LogP contribution in [0.25, 0.3) is 0 Å². The third kappa shape index (κ3) is 6.10. The van der Waals surface area contributed by atoms with Crippen LogP contribution in [0, 0.1) is 5.92 Å². The Morgan fingerprint density at radius 1 is 1.13 bits per heavy atom. The summed E-state index contributed by atoms with van der Waals surface area (Å²) in [6.07, 6.45) is 8.66. The number of nitrogens with zero attached hydrogens (tertiary/aromatic N) is 3. The van der Waals surface area contributed by atoms with E-state index in [1.807, 2.05) is 24.5 Å². The Kier molecular flexibility index (Phi) is 7.39. The maximum absolute atomic E-state index is 5.43. The third-order valence-electron chi connectivity index (χ3n) is 5.42. The average Bonchev–Trinajstić information content (AvgIpc) is 3.51. The molecule has 4 rings (SSSR count). The summed E-state index contributed by atoms with van der Waals surface area (Å²) in [5.74, 6) is 2.53. The van der Waals surface area contributed by atoms with E-state index in [1.165, 1.54) is 23.4 Å². The molecule has 1 aliphatic heterocycles. The topological polar surface area (TPSA) is 65.7 Å².